The number of imide groups is 1. The second-order valence-electron chi connectivity index (χ2n) is 8.38. The van der Waals surface area contributed by atoms with Crippen molar-refractivity contribution in [2.45, 2.75) is 43.2 Å². The second-order valence-corrected chi connectivity index (χ2v) is 8.38. The van der Waals surface area contributed by atoms with Crippen LogP contribution >= 0.6 is 0 Å². The summed E-state index contributed by atoms with van der Waals surface area (Å²) in [6, 6.07) is 4.24. The van der Waals surface area contributed by atoms with Crippen molar-refractivity contribution in [3.8, 4) is 6.07 Å². The van der Waals surface area contributed by atoms with Crippen LogP contribution in [0.5, 0.6) is 0 Å². The molecule has 1 N–H and O–H groups in total. The molecule has 1 aliphatic carbocycles. The fourth-order valence-electron chi connectivity index (χ4n) is 5.77. The molecular weight excluding hydrogens is 377 g/mol. The highest BCUT2D eigenvalue weighted by Crippen LogP contribution is 2.76. The van der Waals surface area contributed by atoms with Crippen LogP contribution in [0, 0.1) is 29.1 Å². The lowest BCUT2D eigenvalue weighted by atomic mass is 9.67. The maximum atomic E-state index is 13.3. The number of benzene rings is 1. The van der Waals surface area contributed by atoms with Crippen LogP contribution in [0.2, 0.25) is 0 Å². The van der Waals surface area contributed by atoms with Crippen LogP contribution in [0.25, 0.3) is 0 Å². The number of carbonyl (C=O) groups is 2. The minimum absolute atomic E-state index is 0.233. The fourth-order valence-corrected chi connectivity index (χ4v) is 5.77. The van der Waals surface area contributed by atoms with E-state index in [0.29, 0.717) is 12.5 Å². The smallest absolute Gasteiger partial charge is 0.386 e. The van der Waals surface area contributed by atoms with E-state index in [1.165, 1.54) is 6.07 Å². The molecule has 3 unspecified atom stereocenters. The van der Waals surface area contributed by atoms with Crippen molar-refractivity contribution in [2.75, 3.05) is 4.90 Å². The molecule has 2 amide bonds. The molecular formula is C19H15F3N2O4. The molecule has 2 bridgehead atoms. The Labute approximate surface area is 157 Å². The number of hydrogen-bond donors (Lipinski definition) is 1. The van der Waals surface area contributed by atoms with Gasteiger partial charge in [0, 0.05) is 5.92 Å². The Kier molecular flexibility index (Phi) is 2.89. The van der Waals surface area contributed by atoms with E-state index in [0.717, 1.165) is 17.0 Å². The number of anilines is 1. The molecule has 4 fully saturated rings. The molecule has 5 rings (SSSR count). The van der Waals surface area contributed by atoms with Gasteiger partial charge in [-0.25, -0.2) is 4.90 Å². The van der Waals surface area contributed by atoms with E-state index in [1.807, 2.05) is 0 Å². The Morgan fingerprint density at radius 2 is 1.89 bits per heavy atom. The van der Waals surface area contributed by atoms with Crippen LogP contribution in [-0.4, -0.2) is 33.7 Å². The van der Waals surface area contributed by atoms with Crippen molar-refractivity contribution < 1.29 is 32.6 Å². The van der Waals surface area contributed by atoms with Gasteiger partial charge in [0.05, 0.1) is 40.3 Å². The Balaban J connectivity index is 1.61. The highest BCUT2D eigenvalue weighted by atomic mass is 19.4. The molecule has 9 heteroatoms. The van der Waals surface area contributed by atoms with E-state index < -0.39 is 57.8 Å². The molecule has 0 radical (unpaired) electrons. The Hall–Kier alpha value is -2.44. The lowest BCUT2D eigenvalue weighted by Gasteiger charge is -2.32. The second kappa shape index (κ2) is 4.58. The number of fused-ring (bicyclic) bond motifs is 8. The zero-order valence-electron chi connectivity index (χ0n) is 14.9. The van der Waals surface area contributed by atoms with E-state index in [2.05, 4.69) is 0 Å². The fraction of sp³-hybridized carbons (Fsp3) is 0.526. The summed E-state index contributed by atoms with van der Waals surface area (Å²) >= 11 is 0. The first kappa shape index (κ1) is 17.6. The number of carbonyl (C=O) groups excluding carboxylic acids is 2. The average molecular weight is 392 g/mol. The van der Waals surface area contributed by atoms with Crippen molar-refractivity contribution in [1.29, 1.82) is 5.26 Å². The zero-order valence-corrected chi connectivity index (χ0v) is 14.9. The quantitative estimate of drug-likeness (QED) is 0.739. The number of nitrogens with zero attached hydrogens (tertiary/aromatic N) is 2. The molecule has 1 aromatic carbocycles. The van der Waals surface area contributed by atoms with Crippen molar-refractivity contribution >= 4 is 17.5 Å². The summed E-state index contributed by atoms with van der Waals surface area (Å²) in [5, 5.41) is 19.8. The number of amides is 2. The molecule has 6 atom stereocenters. The molecule has 146 valence electrons. The van der Waals surface area contributed by atoms with E-state index in [1.54, 1.807) is 13.8 Å². The zero-order chi connectivity index (χ0) is 20.4. The molecule has 3 aliphatic heterocycles. The van der Waals surface area contributed by atoms with E-state index in [4.69, 9.17) is 10.00 Å². The molecule has 0 aromatic heterocycles. The van der Waals surface area contributed by atoms with Crippen LogP contribution in [0.1, 0.15) is 31.4 Å². The third kappa shape index (κ3) is 1.68. The topological polar surface area (TPSA) is 90.6 Å². The maximum Gasteiger partial charge on any atom is 0.417 e. The largest absolute Gasteiger partial charge is 0.417 e. The van der Waals surface area contributed by atoms with Gasteiger partial charge in [-0.1, -0.05) is 0 Å². The monoisotopic (exact) mass is 392 g/mol. The number of alkyl halides is 3. The number of halogens is 3. The Morgan fingerprint density at radius 3 is 2.50 bits per heavy atom. The molecule has 3 heterocycles. The number of rotatable bonds is 1. The number of nitriles is 1. The first-order chi connectivity index (χ1) is 12.9. The van der Waals surface area contributed by atoms with Gasteiger partial charge in [0.25, 0.3) is 0 Å². The summed E-state index contributed by atoms with van der Waals surface area (Å²) in [4.78, 5) is 27.0. The lowest BCUT2D eigenvalue weighted by molar-refractivity contribution is -0.142. The summed E-state index contributed by atoms with van der Waals surface area (Å²) in [5.41, 5.74) is -5.51. The number of hydrogen-bond acceptors (Lipinski definition) is 5. The van der Waals surface area contributed by atoms with E-state index in [-0.39, 0.29) is 11.6 Å². The summed E-state index contributed by atoms with van der Waals surface area (Å²) in [7, 11) is 0. The molecule has 4 aliphatic rings. The highest BCUT2D eigenvalue weighted by molar-refractivity contribution is 6.23. The van der Waals surface area contributed by atoms with Crippen molar-refractivity contribution in [1.82, 2.24) is 0 Å². The van der Waals surface area contributed by atoms with Gasteiger partial charge in [-0.05, 0) is 38.5 Å². The van der Waals surface area contributed by atoms with Crippen LogP contribution in [0.15, 0.2) is 18.2 Å². The minimum atomic E-state index is -4.81. The summed E-state index contributed by atoms with van der Waals surface area (Å²) < 4.78 is 45.9. The van der Waals surface area contributed by atoms with Crippen LogP contribution < -0.4 is 4.90 Å². The van der Waals surface area contributed by atoms with Gasteiger partial charge >= 0.3 is 6.18 Å². The third-order valence-corrected chi connectivity index (χ3v) is 7.12. The molecule has 3 saturated heterocycles. The first-order valence-corrected chi connectivity index (χ1v) is 8.82. The minimum Gasteiger partial charge on any atom is -0.386 e. The predicted octanol–water partition coefficient (Wildman–Crippen LogP) is 1.99. The molecule has 28 heavy (non-hydrogen) atoms. The van der Waals surface area contributed by atoms with Crippen molar-refractivity contribution in [3.05, 3.63) is 29.3 Å². The highest BCUT2D eigenvalue weighted by Gasteiger charge is 2.90. The lowest BCUT2D eigenvalue weighted by Crippen LogP contribution is -2.51. The first-order valence-electron chi connectivity index (χ1n) is 8.82. The average Bonchev–Trinajstić information content (AvgIpc) is 3.11. The van der Waals surface area contributed by atoms with Gasteiger partial charge in [-0.3, -0.25) is 9.59 Å². The van der Waals surface area contributed by atoms with E-state index >= 15 is 0 Å². The van der Waals surface area contributed by atoms with Gasteiger partial charge in [0.15, 0.2) is 0 Å². The van der Waals surface area contributed by atoms with Gasteiger partial charge in [-0.15, -0.1) is 0 Å². The van der Waals surface area contributed by atoms with Gasteiger partial charge in [-0.2, -0.15) is 18.4 Å². The SMILES string of the molecule is CC12OC(C)([C@H]3C(=O)N(c4ccc(C#N)c(C(F)(F)F)c4)C(=O)[C@H]31)[C@]1(O)CC21. The van der Waals surface area contributed by atoms with Crippen molar-refractivity contribution in [2.24, 2.45) is 17.8 Å². The number of aliphatic hydroxyl groups is 1. The predicted molar refractivity (Wildman–Crippen MR) is 86.6 cm³/mol. The summed E-state index contributed by atoms with van der Waals surface area (Å²) in [6.45, 7) is 3.28. The molecule has 1 aromatic rings. The summed E-state index contributed by atoms with van der Waals surface area (Å²) in [6.07, 6.45) is -4.37. The maximum absolute atomic E-state index is 13.3. The van der Waals surface area contributed by atoms with Crippen LogP contribution in [0.3, 0.4) is 0 Å². The molecule has 6 nitrogen and oxygen atoms in total. The molecule has 1 saturated carbocycles. The van der Waals surface area contributed by atoms with Gasteiger partial charge < -0.3 is 9.84 Å². The number of ether oxygens (including phenoxy) is 1. The third-order valence-electron chi connectivity index (χ3n) is 7.12. The summed E-state index contributed by atoms with van der Waals surface area (Å²) in [5.74, 6) is -3.41. The Morgan fingerprint density at radius 1 is 1.25 bits per heavy atom. The van der Waals surface area contributed by atoms with E-state index in [9.17, 15) is 27.9 Å². The van der Waals surface area contributed by atoms with Gasteiger partial charge in [0.1, 0.15) is 11.2 Å². The standard InChI is InChI=1S/C19H15F3N2O4/c1-16-11-6-18(11,27)17(2,28-16)13-12(16)14(25)24(15(13)26)9-4-3-8(7-23)10(5-9)19(20,21)22/h3-5,11-13,27H,6H2,1-2H3/t11?,12-,13+,16?,17?,18-/m0/s1. The normalized spacial score (nSPS) is 43.2. The van der Waals surface area contributed by atoms with Crippen molar-refractivity contribution in [3.63, 3.8) is 0 Å². The Bertz CT molecular complexity index is 1020. The van der Waals surface area contributed by atoms with Crippen LogP contribution in [0.4, 0.5) is 18.9 Å². The van der Waals surface area contributed by atoms with Gasteiger partial charge in [0.2, 0.25) is 11.8 Å². The van der Waals surface area contributed by atoms with Crippen LogP contribution in [-0.2, 0) is 20.5 Å². The molecule has 0 spiro atoms.